The summed E-state index contributed by atoms with van der Waals surface area (Å²) in [4.78, 5) is 15.1. The first-order valence-corrected chi connectivity index (χ1v) is 8.55. The standard InChI is InChI=1S/C19H24N2O3/c1-2-23-18(22)19(13-16-7-4-3-5-8-16)10-6-11-21(15-19)14-17-9-12-24-20-17/h3-5,7-9,12H,2,6,10-11,13-15H2,1H3/t19-/m0/s1. The zero-order chi connectivity index (χ0) is 16.8. The molecule has 1 aliphatic rings. The number of ether oxygens (including phenoxy) is 1. The maximum Gasteiger partial charge on any atom is 0.313 e. The maximum absolute atomic E-state index is 12.8. The molecule has 0 amide bonds. The molecule has 0 bridgehead atoms. The monoisotopic (exact) mass is 328 g/mol. The van der Waals surface area contributed by atoms with Crippen molar-refractivity contribution < 1.29 is 14.1 Å². The number of carbonyl (C=O) groups excluding carboxylic acids is 1. The number of carbonyl (C=O) groups is 1. The molecule has 3 rings (SSSR count). The first-order chi connectivity index (χ1) is 11.7. The van der Waals surface area contributed by atoms with Crippen LogP contribution in [-0.4, -0.2) is 35.7 Å². The number of piperidine rings is 1. The highest BCUT2D eigenvalue weighted by Gasteiger charge is 2.43. The molecule has 2 heterocycles. The molecule has 0 radical (unpaired) electrons. The number of hydrogen-bond donors (Lipinski definition) is 0. The topological polar surface area (TPSA) is 55.6 Å². The van der Waals surface area contributed by atoms with Crippen molar-refractivity contribution in [1.82, 2.24) is 10.1 Å². The predicted octanol–water partition coefficient (Wildman–Crippen LogP) is 3.06. The van der Waals surface area contributed by atoms with E-state index in [1.165, 1.54) is 5.56 Å². The molecule has 2 aromatic rings. The van der Waals surface area contributed by atoms with Crippen molar-refractivity contribution in [3.05, 3.63) is 53.9 Å². The SMILES string of the molecule is CCOC(=O)[C@]1(Cc2ccccc2)CCCN(Cc2ccon2)C1. The molecule has 0 saturated carbocycles. The Hall–Kier alpha value is -2.14. The quantitative estimate of drug-likeness (QED) is 0.763. The molecular weight excluding hydrogens is 304 g/mol. The largest absolute Gasteiger partial charge is 0.466 e. The Balaban J connectivity index is 1.79. The van der Waals surface area contributed by atoms with Crippen LogP contribution in [-0.2, 0) is 22.5 Å². The molecule has 1 fully saturated rings. The van der Waals surface area contributed by atoms with Crippen LogP contribution in [0.15, 0.2) is 47.2 Å². The second kappa shape index (κ2) is 7.62. The molecule has 1 aromatic heterocycles. The minimum Gasteiger partial charge on any atom is -0.466 e. The van der Waals surface area contributed by atoms with Gasteiger partial charge in [0.2, 0.25) is 0 Å². The third-order valence-corrected chi connectivity index (χ3v) is 4.63. The van der Waals surface area contributed by atoms with Crippen molar-refractivity contribution in [2.75, 3.05) is 19.7 Å². The van der Waals surface area contributed by atoms with Gasteiger partial charge in [0, 0.05) is 19.2 Å². The highest BCUT2D eigenvalue weighted by Crippen LogP contribution is 2.35. The van der Waals surface area contributed by atoms with Crippen LogP contribution >= 0.6 is 0 Å². The molecule has 0 unspecified atom stereocenters. The summed E-state index contributed by atoms with van der Waals surface area (Å²) in [6.45, 7) is 4.63. The Morgan fingerprint density at radius 3 is 2.88 bits per heavy atom. The van der Waals surface area contributed by atoms with Crippen LogP contribution in [0.4, 0.5) is 0 Å². The summed E-state index contributed by atoms with van der Waals surface area (Å²) in [7, 11) is 0. The number of benzene rings is 1. The predicted molar refractivity (Wildman–Crippen MR) is 90.2 cm³/mol. The first-order valence-electron chi connectivity index (χ1n) is 8.55. The Morgan fingerprint density at radius 1 is 1.33 bits per heavy atom. The van der Waals surface area contributed by atoms with E-state index in [9.17, 15) is 4.79 Å². The summed E-state index contributed by atoms with van der Waals surface area (Å²) in [6, 6.07) is 12.1. The van der Waals surface area contributed by atoms with Crippen LogP contribution in [0, 0.1) is 5.41 Å². The lowest BCUT2D eigenvalue weighted by atomic mass is 9.75. The molecule has 24 heavy (non-hydrogen) atoms. The minimum absolute atomic E-state index is 0.0845. The second-order valence-corrected chi connectivity index (χ2v) is 6.47. The molecule has 128 valence electrons. The van der Waals surface area contributed by atoms with E-state index in [0.29, 0.717) is 26.1 Å². The van der Waals surface area contributed by atoms with Crippen LogP contribution in [0.25, 0.3) is 0 Å². The molecule has 1 aromatic carbocycles. The highest BCUT2D eigenvalue weighted by atomic mass is 16.5. The second-order valence-electron chi connectivity index (χ2n) is 6.47. The number of aromatic nitrogens is 1. The van der Waals surface area contributed by atoms with Gasteiger partial charge < -0.3 is 9.26 Å². The summed E-state index contributed by atoms with van der Waals surface area (Å²) in [6.07, 6.45) is 4.13. The van der Waals surface area contributed by atoms with Crippen molar-refractivity contribution in [1.29, 1.82) is 0 Å². The molecule has 1 atom stereocenters. The molecule has 5 nitrogen and oxygen atoms in total. The van der Waals surface area contributed by atoms with Crippen molar-refractivity contribution in [3.63, 3.8) is 0 Å². The summed E-state index contributed by atoms with van der Waals surface area (Å²) < 4.78 is 10.4. The van der Waals surface area contributed by atoms with Gasteiger partial charge in [-0.3, -0.25) is 9.69 Å². The molecule has 1 saturated heterocycles. The van der Waals surface area contributed by atoms with E-state index in [4.69, 9.17) is 9.26 Å². The van der Waals surface area contributed by atoms with Gasteiger partial charge in [0.1, 0.15) is 6.26 Å². The molecular formula is C19H24N2O3. The number of esters is 1. The van der Waals surface area contributed by atoms with E-state index in [1.54, 1.807) is 6.26 Å². The van der Waals surface area contributed by atoms with Crippen molar-refractivity contribution in [2.24, 2.45) is 5.41 Å². The molecule has 0 N–H and O–H groups in total. The van der Waals surface area contributed by atoms with Crippen LogP contribution < -0.4 is 0 Å². The average Bonchev–Trinajstić information content (AvgIpc) is 3.09. The lowest BCUT2D eigenvalue weighted by molar-refractivity contribution is -0.159. The van der Waals surface area contributed by atoms with Crippen molar-refractivity contribution in [3.8, 4) is 0 Å². The third-order valence-electron chi connectivity index (χ3n) is 4.63. The van der Waals surface area contributed by atoms with Crippen LogP contribution in [0.5, 0.6) is 0 Å². The number of likely N-dealkylation sites (tertiary alicyclic amines) is 1. The van der Waals surface area contributed by atoms with Gasteiger partial charge in [-0.15, -0.1) is 0 Å². The maximum atomic E-state index is 12.8. The Morgan fingerprint density at radius 2 is 2.17 bits per heavy atom. The van der Waals surface area contributed by atoms with Gasteiger partial charge in [0.05, 0.1) is 17.7 Å². The van der Waals surface area contributed by atoms with E-state index >= 15 is 0 Å². The van der Waals surface area contributed by atoms with Crippen molar-refractivity contribution >= 4 is 5.97 Å². The lowest BCUT2D eigenvalue weighted by Crippen LogP contribution is -2.49. The van der Waals surface area contributed by atoms with Gasteiger partial charge in [-0.05, 0) is 38.3 Å². The molecule has 0 spiro atoms. The fourth-order valence-corrected chi connectivity index (χ4v) is 3.56. The van der Waals surface area contributed by atoms with Gasteiger partial charge >= 0.3 is 5.97 Å². The van der Waals surface area contributed by atoms with Gasteiger partial charge in [0.15, 0.2) is 0 Å². The summed E-state index contributed by atoms with van der Waals surface area (Å²) >= 11 is 0. The van der Waals surface area contributed by atoms with Crippen molar-refractivity contribution in [2.45, 2.75) is 32.7 Å². The Labute approximate surface area is 142 Å². The summed E-state index contributed by atoms with van der Waals surface area (Å²) in [5, 5.41) is 3.99. The van der Waals surface area contributed by atoms with Gasteiger partial charge in [-0.25, -0.2) is 0 Å². The molecule has 1 aliphatic heterocycles. The number of nitrogens with zero attached hydrogens (tertiary/aromatic N) is 2. The van der Waals surface area contributed by atoms with Crippen LogP contribution in [0.1, 0.15) is 31.0 Å². The fourth-order valence-electron chi connectivity index (χ4n) is 3.56. The zero-order valence-electron chi connectivity index (χ0n) is 14.1. The Kier molecular flexibility index (Phi) is 5.30. The Bertz CT molecular complexity index is 642. The number of hydrogen-bond acceptors (Lipinski definition) is 5. The molecule has 5 heteroatoms. The van der Waals surface area contributed by atoms with Crippen LogP contribution in [0.3, 0.4) is 0 Å². The van der Waals surface area contributed by atoms with E-state index in [-0.39, 0.29) is 5.97 Å². The van der Waals surface area contributed by atoms with Gasteiger partial charge in [0.25, 0.3) is 0 Å². The third kappa shape index (κ3) is 3.85. The highest BCUT2D eigenvalue weighted by molar-refractivity contribution is 5.77. The van der Waals surface area contributed by atoms with E-state index in [1.807, 2.05) is 31.2 Å². The van der Waals surface area contributed by atoms with Gasteiger partial charge in [-0.1, -0.05) is 35.5 Å². The smallest absolute Gasteiger partial charge is 0.313 e. The zero-order valence-corrected chi connectivity index (χ0v) is 14.1. The van der Waals surface area contributed by atoms with E-state index in [2.05, 4.69) is 22.2 Å². The lowest BCUT2D eigenvalue weighted by Gasteiger charge is -2.40. The van der Waals surface area contributed by atoms with Crippen LogP contribution in [0.2, 0.25) is 0 Å². The fraction of sp³-hybridized carbons (Fsp3) is 0.474. The normalized spacial score (nSPS) is 21.5. The minimum atomic E-state index is -0.487. The van der Waals surface area contributed by atoms with Gasteiger partial charge in [-0.2, -0.15) is 0 Å². The average molecular weight is 328 g/mol. The van der Waals surface area contributed by atoms with E-state index in [0.717, 1.165) is 25.1 Å². The van der Waals surface area contributed by atoms with E-state index < -0.39 is 5.41 Å². The summed E-state index contributed by atoms with van der Waals surface area (Å²) in [5.74, 6) is -0.0845. The molecule has 0 aliphatic carbocycles. The summed E-state index contributed by atoms with van der Waals surface area (Å²) in [5.41, 5.74) is 1.59. The first kappa shape index (κ1) is 16.7. The number of rotatable bonds is 6.